The number of alkyl halides is 3. The van der Waals surface area contributed by atoms with Crippen molar-refractivity contribution in [2.75, 3.05) is 24.5 Å². The first-order chi connectivity index (χ1) is 21.8. The zero-order valence-electron chi connectivity index (χ0n) is 28.3. The standard InChI is InChI=1S/C37H45F4N3O3/c1-22-30(32(44-17-14-36(6,7)15-18-44)31(23(2)42-22)33(34(45)46)47-35(3,4)5)25-11-12-26-20-43(16-13-24(26)19-25)21-27-28(37(39,40)41)9-8-10-29(27)38/h8-12,19,33H,13-18,20-21H2,1-7H3,(H,45,46). The van der Waals surface area contributed by atoms with Crippen molar-refractivity contribution in [3.05, 3.63) is 81.4 Å². The monoisotopic (exact) mass is 655 g/mol. The number of ether oxygens (including phenoxy) is 1. The van der Waals surface area contributed by atoms with Crippen molar-refractivity contribution in [3.63, 3.8) is 0 Å². The molecule has 2 aliphatic rings. The van der Waals surface area contributed by atoms with Crippen LogP contribution in [0.3, 0.4) is 0 Å². The van der Waals surface area contributed by atoms with Crippen molar-refractivity contribution in [1.29, 1.82) is 0 Å². The van der Waals surface area contributed by atoms with Crippen LogP contribution in [0, 0.1) is 25.1 Å². The molecule has 1 unspecified atom stereocenters. The number of halogens is 4. The third-order valence-corrected chi connectivity index (χ3v) is 9.36. The van der Waals surface area contributed by atoms with E-state index in [1.807, 2.05) is 51.7 Å². The van der Waals surface area contributed by atoms with Gasteiger partial charge in [0.25, 0.3) is 0 Å². The van der Waals surface area contributed by atoms with Gasteiger partial charge in [-0.05, 0) is 88.1 Å². The molecule has 1 aromatic heterocycles. The van der Waals surface area contributed by atoms with E-state index in [4.69, 9.17) is 9.72 Å². The molecule has 2 aromatic carbocycles. The SMILES string of the molecule is Cc1nc(C)c(C(OC(C)(C)C)C(=O)O)c(N2CCC(C)(C)CC2)c1-c1ccc2c(c1)CCN(Cc1c(F)cccc1C(F)(F)F)C2. The van der Waals surface area contributed by atoms with Crippen LogP contribution in [0.5, 0.6) is 0 Å². The number of anilines is 1. The van der Waals surface area contributed by atoms with Gasteiger partial charge in [-0.15, -0.1) is 0 Å². The summed E-state index contributed by atoms with van der Waals surface area (Å²) in [5.41, 5.74) is 4.73. The summed E-state index contributed by atoms with van der Waals surface area (Å²) in [6, 6.07) is 9.14. The van der Waals surface area contributed by atoms with Gasteiger partial charge in [0.15, 0.2) is 6.10 Å². The minimum atomic E-state index is -4.64. The first kappa shape index (κ1) is 34.8. The Morgan fingerprint density at radius 2 is 1.70 bits per heavy atom. The number of aryl methyl sites for hydroxylation is 2. The molecule has 1 fully saturated rings. The predicted octanol–water partition coefficient (Wildman–Crippen LogP) is 8.65. The molecule has 2 aliphatic heterocycles. The number of rotatable bonds is 7. The second-order valence-electron chi connectivity index (χ2n) is 14.7. The van der Waals surface area contributed by atoms with Gasteiger partial charge in [0.05, 0.1) is 16.9 Å². The topological polar surface area (TPSA) is 65.9 Å². The number of aliphatic carboxylic acids is 1. The van der Waals surface area contributed by atoms with Gasteiger partial charge >= 0.3 is 12.1 Å². The molecule has 1 N–H and O–H groups in total. The number of carboxylic acid groups (broad SMARTS) is 1. The molecule has 3 heterocycles. The average Bonchev–Trinajstić information content (AvgIpc) is 2.95. The fraction of sp³-hybridized carbons (Fsp3) is 0.514. The molecule has 1 atom stereocenters. The Hall–Kier alpha value is -3.50. The van der Waals surface area contributed by atoms with Crippen LogP contribution in [-0.4, -0.2) is 46.2 Å². The lowest BCUT2D eigenvalue weighted by Crippen LogP contribution is -2.39. The summed E-state index contributed by atoms with van der Waals surface area (Å²) in [7, 11) is 0. The summed E-state index contributed by atoms with van der Waals surface area (Å²) in [6.45, 7) is 16.0. The summed E-state index contributed by atoms with van der Waals surface area (Å²) < 4.78 is 61.8. The maximum Gasteiger partial charge on any atom is 0.416 e. The molecule has 0 spiro atoms. The van der Waals surface area contributed by atoms with Gasteiger partial charge in [-0.25, -0.2) is 9.18 Å². The molecular weight excluding hydrogens is 610 g/mol. The lowest BCUT2D eigenvalue weighted by Gasteiger charge is -2.41. The largest absolute Gasteiger partial charge is 0.479 e. The van der Waals surface area contributed by atoms with Gasteiger partial charge in [0, 0.05) is 60.8 Å². The molecule has 5 rings (SSSR count). The maximum atomic E-state index is 14.6. The Kier molecular flexibility index (Phi) is 9.51. The van der Waals surface area contributed by atoms with E-state index in [9.17, 15) is 27.5 Å². The Bertz CT molecular complexity index is 1650. The minimum Gasteiger partial charge on any atom is -0.479 e. The number of carboxylic acids is 1. The molecule has 0 radical (unpaired) electrons. The highest BCUT2D eigenvalue weighted by molar-refractivity contribution is 5.88. The number of fused-ring (bicyclic) bond motifs is 1. The molecular formula is C37H45F4N3O3. The second kappa shape index (κ2) is 12.8. The third-order valence-electron chi connectivity index (χ3n) is 9.36. The van der Waals surface area contributed by atoms with Gasteiger partial charge in [0.1, 0.15) is 5.82 Å². The highest BCUT2D eigenvalue weighted by atomic mass is 19.4. The molecule has 1 saturated heterocycles. The van der Waals surface area contributed by atoms with Gasteiger partial charge in [0.2, 0.25) is 0 Å². The van der Waals surface area contributed by atoms with Crippen LogP contribution < -0.4 is 4.90 Å². The predicted molar refractivity (Wildman–Crippen MR) is 175 cm³/mol. The molecule has 254 valence electrons. The van der Waals surface area contributed by atoms with Crippen molar-refractivity contribution in [2.24, 2.45) is 5.41 Å². The van der Waals surface area contributed by atoms with Crippen LogP contribution in [-0.2, 0) is 35.2 Å². The number of carbonyl (C=O) groups is 1. The van der Waals surface area contributed by atoms with E-state index < -0.39 is 35.2 Å². The number of aromatic nitrogens is 1. The zero-order valence-corrected chi connectivity index (χ0v) is 28.3. The van der Waals surface area contributed by atoms with Crippen molar-refractivity contribution in [2.45, 2.75) is 98.7 Å². The number of hydrogen-bond donors (Lipinski definition) is 1. The Morgan fingerprint density at radius 1 is 1.02 bits per heavy atom. The quantitative estimate of drug-likeness (QED) is 0.257. The number of pyridine rings is 1. The van der Waals surface area contributed by atoms with Crippen LogP contribution in [0.1, 0.15) is 92.8 Å². The van der Waals surface area contributed by atoms with Crippen molar-refractivity contribution in [3.8, 4) is 11.1 Å². The van der Waals surface area contributed by atoms with Gasteiger partial charge in [-0.2, -0.15) is 13.2 Å². The lowest BCUT2D eigenvalue weighted by atomic mass is 9.81. The van der Waals surface area contributed by atoms with Crippen molar-refractivity contribution in [1.82, 2.24) is 9.88 Å². The van der Waals surface area contributed by atoms with E-state index in [2.05, 4.69) is 24.8 Å². The van der Waals surface area contributed by atoms with E-state index in [1.165, 1.54) is 0 Å². The van der Waals surface area contributed by atoms with Crippen LogP contribution >= 0.6 is 0 Å². The van der Waals surface area contributed by atoms with Gasteiger partial charge in [-0.3, -0.25) is 9.88 Å². The molecule has 3 aromatic rings. The van der Waals surface area contributed by atoms with Crippen LogP contribution in [0.25, 0.3) is 11.1 Å². The van der Waals surface area contributed by atoms with Crippen LogP contribution in [0.2, 0.25) is 0 Å². The highest BCUT2D eigenvalue weighted by Crippen LogP contribution is 2.45. The summed E-state index contributed by atoms with van der Waals surface area (Å²) in [5.74, 6) is -1.94. The molecule has 10 heteroatoms. The smallest absolute Gasteiger partial charge is 0.416 e. The Morgan fingerprint density at radius 3 is 2.32 bits per heavy atom. The van der Waals surface area contributed by atoms with E-state index in [0.29, 0.717) is 30.8 Å². The molecule has 0 aliphatic carbocycles. The summed E-state index contributed by atoms with van der Waals surface area (Å²) in [6.07, 6.45) is -3.40. The fourth-order valence-electron chi connectivity index (χ4n) is 6.87. The number of benzene rings is 2. The van der Waals surface area contributed by atoms with Gasteiger partial charge in [-0.1, -0.05) is 38.1 Å². The van der Waals surface area contributed by atoms with E-state index in [1.54, 1.807) is 0 Å². The molecule has 47 heavy (non-hydrogen) atoms. The summed E-state index contributed by atoms with van der Waals surface area (Å²) in [5, 5.41) is 10.5. The van der Waals surface area contributed by atoms with Crippen LogP contribution in [0.15, 0.2) is 36.4 Å². The first-order valence-electron chi connectivity index (χ1n) is 16.2. The summed E-state index contributed by atoms with van der Waals surface area (Å²) >= 11 is 0. The second-order valence-corrected chi connectivity index (χ2v) is 14.7. The Balaban J connectivity index is 1.56. The van der Waals surface area contributed by atoms with E-state index in [-0.39, 0.29) is 17.5 Å². The maximum absolute atomic E-state index is 14.6. The third kappa shape index (κ3) is 7.64. The lowest BCUT2D eigenvalue weighted by molar-refractivity contribution is -0.160. The van der Waals surface area contributed by atoms with Crippen molar-refractivity contribution < 1.29 is 32.2 Å². The fourth-order valence-corrected chi connectivity index (χ4v) is 6.87. The molecule has 0 amide bonds. The minimum absolute atomic E-state index is 0.146. The average molecular weight is 656 g/mol. The molecule has 0 saturated carbocycles. The van der Waals surface area contributed by atoms with Crippen molar-refractivity contribution >= 4 is 11.7 Å². The summed E-state index contributed by atoms with van der Waals surface area (Å²) in [4.78, 5) is 21.8. The number of hydrogen-bond acceptors (Lipinski definition) is 5. The van der Waals surface area contributed by atoms with Gasteiger partial charge < -0.3 is 14.7 Å². The van der Waals surface area contributed by atoms with E-state index in [0.717, 1.165) is 77.8 Å². The normalized spacial score (nSPS) is 17.8. The number of nitrogens with zero attached hydrogens (tertiary/aromatic N) is 3. The molecule has 0 bridgehead atoms. The van der Waals surface area contributed by atoms with E-state index >= 15 is 0 Å². The Labute approximate surface area is 274 Å². The number of piperidine rings is 1. The van der Waals surface area contributed by atoms with Crippen LogP contribution in [0.4, 0.5) is 23.2 Å². The highest BCUT2D eigenvalue weighted by Gasteiger charge is 2.37. The zero-order chi connectivity index (χ0) is 34.5. The first-order valence-corrected chi connectivity index (χ1v) is 16.2. The molecule has 6 nitrogen and oxygen atoms in total.